The Labute approximate surface area is 115 Å². The molecule has 19 heavy (non-hydrogen) atoms. The first kappa shape index (κ1) is 14.3. The Kier molecular flexibility index (Phi) is 5.14. The van der Waals surface area contributed by atoms with E-state index < -0.39 is 0 Å². The van der Waals surface area contributed by atoms with Gasteiger partial charge in [0.05, 0.1) is 17.4 Å². The maximum atomic E-state index is 11.2. The van der Waals surface area contributed by atoms with Crippen LogP contribution in [0.15, 0.2) is 0 Å². The van der Waals surface area contributed by atoms with E-state index in [0.717, 1.165) is 62.1 Å². The lowest BCUT2D eigenvalue weighted by Crippen LogP contribution is -2.10. The molecule has 4 nitrogen and oxygen atoms in total. The van der Waals surface area contributed by atoms with Crippen LogP contribution in [0.1, 0.15) is 61.3 Å². The number of hydrogen-bond acceptors (Lipinski definition) is 3. The summed E-state index contributed by atoms with van der Waals surface area (Å²) in [7, 11) is 0. The molecule has 0 saturated carbocycles. The fraction of sp³-hybridized carbons (Fsp3) is 0.733. The molecule has 2 rings (SSSR count). The Balaban J connectivity index is 1.98. The lowest BCUT2D eigenvalue weighted by Gasteiger charge is -2.10. The maximum absolute atomic E-state index is 11.2. The van der Waals surface area contributed by atoms with E-state index in [2.05, 4.69) is 12.0 Å². The number of aldehydes is 1. The van der Waals surface area contributed by atoms with Crippen LogP contribution in [-0.4, -0.2) is 28.8 Å². The minimum atomic E-state index is 0.442. The predicted molar refractivity (Wildman–Crippen MR) is 74.6 cm³/mol. The summed E-state index contributed by atoms with van der Waals surface area (Å²) >= 11 is 0. The normalized spacial score (nSPS) is 18.9. The fourth-order valence-corrected chi connectivity index (χ4v) is 2.86. The molecule has 1 unspecified atom stereocenters. The van der Waals surface area contributed by atoms with E-state index >= 15 is 0 Å². The summed E-state index contributed by atoms with van der Waals surface area (Å²) in [6, 6.07) is 0. The van der Waals surface area contributed by atoms with Crippen LogP contribution in [0.2, 0.25) is 0 Å². The molecule has 0 bridgehead atoms. The van der Waals surface area contributed by atoms with Gasteiger partial charge in [-0.05, 0) is 38.5 Å². The molecule has 0 radical (unpaired) electrons. The number of carbonyl (C=O) groups is 1. The Bertz CT molecular complexity index is 420. The van der Waals surface area contributed by atoms with Gasteiger partial charge in [0.1, 0.15) is 0 Å². The monoisotopic (exact) mass is 264 g/mol. The maximum Gasteiger partial charge on any atom is 0.153 e. The van der Waals surface area contributed by atoms with Gasteiger partial charge in [-0.3, -0.25) is 9.48 Å². The average molecular weight is 264 g/mol. The third-order valence-electron chi connectivity index (χ3n) is 3.88. The molecule has 1 aromatic heterocycles. The van der Waals surface area contributed by atoms with Crippen molar-refractivity contribution in [3.05, 3.63) is 17.0 Å². The molecule has 0 aromatic carbocycles. The number of hydrogen-bond donors (Lipinski definition) is 0. The lowest BCUT2D eigenvalue weighted by atomic mass is 10.1. The zero-order valence-electron chi connectivity index (χ0n) is 12.0. The van der Waals surface area contributed by atoms with Crippen molar-refractivity contribution >= 4 is 6.29 Å². The summed E-state index contributed by atoms with van der Waals surface area (Å²) in [5.74, 6) is 0. The molecule has 1 atom stereocenters. The van der Waals surface area contributed by atoms with Gasteiger partial charge in [0.25, 0.3) is 0 Å². The van der Waals surface area contributed by atoms with Gasteiger partial charge in [-0.25, -0.2) is 0 Å². The molecule has 0 amide bonds. The molecule has 1 aliphatic heterocycles. The highest BCUT2D eigenvalue weighted by Gasteiger charge is 2.17. The van der Waals surface area contributed by atoms with Crippen LogP contribution in [0.4, 0.5) is 0 Å². The average Bonchev–Trinajstić information content (AvgIpc) is 3.05. The van der Waals surface area contributed by atoms with Crippen LogP contribution in [-0.2, 0) is 24.1 Å². The van der Waals surface area contributed by atoms with E-state index in [1.807, 2.05) is 11.6 Å². The summed E-state index contributed by atoms with van der Waals surface area (Å²) in [6.45, 7) is 5.94. The molecule has 0 spiro atoms. The zero-order valence-corrected chi connectivity index (χ0v) is 12.0. The van der Waals surface area contributed by atoms with Crippen molar-refractivity contribution in [1.29, 1.82) is 0 Å². The van der Waals surface area contributed by atoms with E-state index in [1.165, 1.54) is 12.8 Å². The molecular formula is C15H24N2O2. The number of aromatic nitrogens is 2. The van der Waals surface area contributed by atoms with Crippen LogP contribution in [0.3, 0.4) is 0 Å². The molecule has 1 fully saturated rings. The van der Waals surface area contributed by atoms with Gasteiger partial charge in [-0.2, -0.15) is 5.10 Å². The zero-order chi connectivity index (χ0) is 13.7. The van der Waals surface area contributed by atoms with Crippen molar-refractivity contribution in [2.75, 3.05) is 6.61 Å². The number of carbonyl (C=O) groups excluding carboxylic acids is 1. The highest BCUT2D eigenvalue weighted by atomic mass is 16.5. The summed E-state index contributed by atoms with van der Waals surface area (Å²) in [6.07, 6.45) is 7.64. The number of rotatable bonds is 7. The van der Waals surface area contributed by atoms with Crippen molar-refractivity contribution in [2.45, 2.75) is 65.0 Å². The van der Waals surface area contributed by atoms with Crippen molar-refractivity contribution in [1.82, 2.24) is 9.78 Å². The van der Waals surface area contributed by atoms with Crippen molar-refractivity contribution in [3.63, 3.8) is 0 Å². The molecule has 2 heterocycles. The Hall–Kier alpha value is -1.16. The van der Waals surface area contributed by atoms with Gasteiger partial charge in [-0.15, -0.1) is 0 Å². The first-order valence-electron chi connectivity index (χ1n) is 7.45. The minimum Gasteiger partial charge on any atom is -0.378 e. The van der Waals surface area contributed by atoms with E-state index in [-0.39, 0.29) is 0 Å². The largest absolute Gasteiger partial charge is 0.378 e. The number of aryl methyl sites for hydroxylation is 2. The number of nitrogens with zero attached hydrogens (tertiary/aromatic N) is 2. The topological polar surface area (TPSA) is 44.1 Å². The van der Waals surface area contributed by atoms with Gasteiger partial charge in [0, 0.05) is 18.8 Å². The summed E-state index contributed by atoms with van der Waals surface area (Å²) in [4.78, 5) is 11.2. The van der Waals surface area contributed by atoms with Crippen LogP contribution in [0, 0.1) is 0 Å². The smallest absolute Gasteiger partial charge is 0.153 e. The second-order valence-electron chi connectivity index (χ2n) is 5.13. The van der Waals surface area contributed by atoms with E-state index in [4.69, 9.17) is 4.74 Å². The molecule has 1 aromatic rings. The molecular weight excluding hydrogens is 240 g/mol. The van der Waals surface area contributed by atoms with Gasteiger partial charge >= 0.3 is 0 Å². The van der Waals surface area contributed by atoms with Crippen LogP contribution in [0.25, 0.3) is 0 Å². The first-order valence-corrected chi connectivity index (χ1v) is 7.45. The lowest BCUT2D eigenvalue weighted by molar-refractivity contribution is 0.101. The standard InChI is InChI=1S/C15H24N2O2/c1-3-14-13(11-18)15(4-2)17(16-14)9-5-7-12-8-6-10-19-12/h11-12H,3-10H2,1-2H3. The molecule has 0 aliphatic carbocycles. The van der Waals surface area contributed by atoms with Crippen LogP contribution < -0.4 is 0 Å². The summed E-state index contributed by atoms with van der Waals surface area (Å²) in [5.41, 5.74) is 2.82. The summed E-state index contributed by atoms with van der Waals surface area (Å²) < 4.78 is 7.66. The van der Waals surface area contributed by atoms with E-state index in [9.17, 15) is 4.79 Å². The Morgan fingerprint density at radius 3 is 2.84 bits per heavy atom. The van der Waals surface area contributed by atoms with Crippen molar-refractivity contribution < 1.29 is 9.53 Å². The van der Waals surface area contributed by atoms with Gasteiger partial charge in [0.2, 0.25) is 0 Å². The third kappa shape index (κ3) is 3.24. The highest BCUT2D eigenvalue weighted by molar-refractivity contribution is 5.78. The first-order chi connectivity index (χ1) is 9.30. The van der Waals surface area contributed by atoms with E-state index in [0.29, 0.717) is 6.10 Å². The second-order valence-corrected chi connectivity index (χ2v) is 5.13. The Morgan fingerprint density at radius 2 is 2.26 bits per heavy atom. The summed E-state index contributed by atoms with van der Waals surface area (Å²) in [5, 5.41) is 4.58. The predicted octanol–water partition coefficient (Wildman–Crippen LogP) is 2.78. The highest BCUT2D eigenvalue weighted by Crippen LogP contribution is 2.19. The van der Waals surface area contributed by atoms with Crippen LogP contribution >= 0.6 is 0 Å². The SMILES string of the molecule is CCc1nn(CCCC2CCCO2)c(CC)c1C=O. The van der Waals surface area contributed by atoms with Gasteiger partial charge in [-0.1, -0.05) is 13.8 Å². The quantitative estimate of drug-likeness (QED) is 0.711. The van der Waals surface area contributed by atoms with Crippen molar-refractivity contribution in [3.8, 4) is 0 Å². The molecule has 4 heteroatoms. The fourth-order valence-electron chi connectivity index (χ4n) is 2.86. The number of ether oxygens (including phenoxy) is 1. The second kappa shape index (κ2) is 6.85. The molecule has 1 aliphatic rings. The molecule has 106 valence electrons. The van der Waals surface area contributed by atoms with Gasteiger partial charge in [0.15, 0.2) is 6.29 Å². The van der Waals surface area contributed by atoms with Crippen LogP contribution in [0.5, 0.6) is 0 Å². The molecule has 1 saturated heterocycles. The molecule has 0 N–H and O–H groups in total. The Morgan fingerprint density at radius 1 is 1.42 bits per heavy atom. The third-order valence-corrected chi connectivity index (χ3v) is 3.88. The van der Waals surface area contributed by atoms with E-state index in [1.54, 1.807) is 0 Å². The van der Waals surface area contributed by atoms with Gasteiger partial charge < -0.3 is 4.74 Å². The minimum absolute atomic E-state index is 0.442. The van der Waals surface area contributed by atoms with Crippen molar-refractivity contribution in [2.24, 2.45) is 0 Å².